The van der Waals surface area contributed by atoms with Crippen molar-refractivity contribution in [2.75, 3.05) is 0 Å². The van der Waals surface area contributed by atoms with Crippen molar-refractivity contribution in [3.8, 4) is 10.6 Å². The number of carbonyl (C=O) groups is 1. The molecule has 18 heavy (non-hydrogen) atoms. The maximum atomic E-state index is 11.2. The Labute approximate surface area is 111 Å². The average molecular weight is 257 g/mol. The first-order valence-electron chi connectivity index (χ1n) is 6.35. The van der Waals surface area contributed by atoms with Gasteiger partial charge in [-0.3, -0.25) is 4.79 Å². The van der Waals surface area contributed by atoms with Gasteiger partial charge in [0.1, 0.15) is 10.8 Å². The van der Waals surface area contributed by atoms with Crippen molar-refractivity contribution in [3.63, 3.8) is 0 Å². The van der Waals surface area contributed by atoms with E-state index in [1.54, 1.807) is 11.3 Å². The molecule has 0 saturated heterocycles. The van der Waals surface area contributed by atoms with Crippen molar-refractivity contribution < 1.29 is 4.79 Å². The summed E-state index contributed by atoms with van der Waals surface area (Å²) in [7, 11) is 0. The van der Waals surface area contributed by atoms with E-state index in [9.17, 15) is 4.79 Å². The summed E-state index contributed by atoms with van der Waals surface area (Å²) in [6.07, 6.45) is 3.39. The summed E-state index contributed by atoms with van der Waals surface area (Å²) in [5.41, 5.74) is 2.35. The predicted octanol–water partition coefficient (Wildman–Crippen LogP) is 4.04. The first kappa shape index (κ1) is 11.6. The molecule has 0 spiro atoms. The number of Topliss-reactive ketones (excluding diaryl/α,β-unsaturated/α-hetero) is 1. The third kappa shape index (κ3) is 2.36. The summed E-state index contributed by atoms with van der Waals surface area (Å²) in [4.78, 5) is 16.0. The Morgan fingerprint density at radius 1 is 1.11 bits per heavy atom. The standard InChI is InChI=1S/C15H15NOS/c17-13-8-6-11(7-9-13)14-10-18-15(16-14)12-4-2-1-3-5-12/h1-5,10-11H,6-9H2. The molecule has 0 aliphatic heterocycles. The Morgan fingerprint density at radius 2 is 1.83 bits per heavy atom. The van der Waals surface area contributed by atoms with Gasteiger partial charge in [-0.2, -0.15) is 0 Å². The molecule has 0 atom stereocenters. The molecule has 1 saturated carbocycles. The molecule has 2 aromatic rings. The van der Waals surface area contributed by atoms with Crippen LogP contribution >= 0.6 is 11.3 Å². The van der Waals surface area contributed by atoms with Crippen LogP contribution in [0.2, 0.25) is 0 Å². The van der Waals surface area contributed by atoms with Crippen molar-refractivity contribution in [3.05, 3.63) is 41.4 Å². The molecule has 0 radical (unpaired) electrons. The number of thiazole rings is 1. The minimum Gasteiger partial charge on any atom is -0.300 e. The van der Waals surface area contributed by atoms with E-state index in [1.807, 2.05) is 18.2 Å². The van der Waals surface area contributed by atoms with E-state index in [0.29, 0.717) is 11.7 Å². The lowest BCUT2D eigenvalue weighted by Gasteiger charge is -2.18. The number of hydrogen-bond acceptors (Lipinski definition) is 3. The van der Waals surface area contributed by atoms with Gasteiger partial charge in [0.15, 0.2) is 0 Å². The molecule has 92 valence electrons. The number of rotatable bonds is 2. The van der Waals surface area contributed by atoms with Crippen molar-refractivity contribution in [2.45, 2.75) is 31.6 Å². The Morgan fingerprint density at radius 3 is 2.56 bits per heavy atom. The molecule has 0 bridgehead atoms. The van der Waals surface area contributed by atoms with Gasteiger partial charge in [-0.05, 0) is 12.8 Å². The minimum absolute atomic E-state index is 0.407. The summed E-state index contributed by atoms with van der Waals surface area (Å²) < 4.78 is 0. The Bertz CT molecular complexity index is 537. The third-order valence-corrected chi connectivity index (χ3v) is 4.41. The van der Waals surface area contributed by atoms with Gasteiger partial charge in [0, 0.05) is 29.7 Å². The maximum Gasteiger partial charge on any atom is 0.132 e. The van der Waals surface area contributed by atoms with Gasteiger partial charge < -0.3 is 0 Å². The molecule has 0 N–H and O–H groups in total. The zero-order valence-corrected chi connectivity index (χ0v) is 11.0. The monoisotopic (exact) mass is 257 g/mol. The van der Waals surface area contributed by atoms with Crippen LogP contribution in [0.5, 0.6) is 0 Å². The third-order valence-electron chi connectivity index (χ3n) is 3.50. The van der Waals surface area contributed by atoms with Gasteiger partial charge in [0.05, 0.1) is 5.69 Å². The highest BCUT2D eigenvalue weighted by atomic mass is 32.1. The Kier molecular flexibility index (Phi) is 3.24. The molecule has 1 aliphatic rings. The van der Waals surface area contributed by atoms with Crippen molar-refractivity contribution in [2.24, 2.45) is 0 Å². The first-order valence-corrected chi connectivity index (χ1v) is 7.23. The van der Waals surface area contributed by atoms with Crippen LogP contribution in [0.25, 0.3) is 10.6 Å². The second kappa shape index (κ2) is 5.02. The lowest BCUT2D eigenvalue weighted by Crippen LogP contribution is -2.12. The number of nitrogens with zero attached hydrogens (tertiary/aromatic N) is 1. The number of aromatic nitrogens is 1. The second-order valence-corrected chi connectivity index (χ2v) is 5.61. The van der Waals surface area contributed by atoms with Gasteiger partial charge in [-0.1, -0.05) is 30.3 Å². The van der Waals surface area contributed by atoms with Crippen LogP contribution < -0.4 is 0 Å². The smallest absolute Gasteiger partial charge is 0.132 e. The predicted molar refractivity (Wildman–Crippen MR) is 73.8 cm³/mol. The van der Waals surface area contributed by atoms with Crippen LogP contribution in [0.15, 0.2) is 35.7 Å². The largest absolute Gasteiger partial charge is 0.300 e. The molecular weight excluding hydrogens is 242 g/mol. The zero-order valence-electron chi connectivity index (χ0n) is 10.1. The Balaban J connectivity index is 1.80. The van der Waals surface area contributed by atoms with Gasteiger partial charge in [-0.25, -0.2) is 4.98 Å². The molecule has 0 unspecified atom stereocenters. The average Bonchev–Trinajstić information content (AvgIpc) is 2.90. The zero-order chi connectivity index (χ0) is 12.4. The quantitative estimate of drug-likeness (QED) is 0.812. The lowest BCUT2D eigenvalue weighted by molar-refractivity contribution is -0.120. The van der Waals surface area contributed by atoms with Crippen molar-refractivity contribution >= 4 is 17.1 Å². The SMILES string of the molecule is O=C1CCC(c2csc(-c3ccccc3)n2)CC1. The van der Waals surface area contributed by atoms with Crippen LogP contribution in [0.1, 0.15) is 37.3 Å². The summed E-state index contributed by atoms with van der Waals surface area (Å²) in [5.74, 6) is 0.890. The topological polar surface area (TPSA) is 30.0 Å². The van der Waals surface area contributed by atoms with E-state index in [1.165, 1.54) is 11.3 Å². The Hall–Kier alpha value is -1.48. The van der Waals surface area contributed by atoms with Crippen LogP contribution in [-0.4, -0.2) is 10.8 Å². The number of carbonyl (C=O) groups excluding carboxylic acids is 1. The molecule has 3 heteroatoms. The molecule has 1 heterocycles. The molecule has 1 aromatic heterocycles. The molecule has 1 aromatic carbocycles. The minimum atomic E-state index is 0.407. The fourth-order valence-corrected chi connectivity index (χ4v) is 3.33. The van der Waals surface area contributed by atoms with E-state index >= 15 is 0 Å². The fraction of sp³-hybridized carbons (Fsp3) is 0.333. The van der Waals surface area contributed by atoms with E-state index in [0.717, 1.165) is 30.7 Å². The van der Waals surface area contributed by atoms with Gasteiger partial charge in [0.25, 0.3) is 0 Å². The maximum absolute atomic E-state index is 11.2. The van der Waals surface area contributed by atoms with Crippen LogP contribution in [0.3, 0.4) is 0 Å². The second-order valence-electron chi connectivity index (χ2n) is 4.76. The van der Waals surface area contributed by atoms with Gasteiger partial charge in [-0.15, -0.1) is 11.3 Å². The molecule has 1 aliphatic carbocycles. The van der Waals surface area contributed by atoms with E-state index in [4.69, 9.17) is 4.98 Å². The highest BCUT2D eigenvalue weighted by Gasteiger charge is 2.22. The molecule has 1 fully saturated rings. The van der Waals surface area contributed by atoms with Gasteiger partial charge >= 0.3 is 0 Å². The van der Waals surface area contributed by atoms with Crippen molar-refractivity contribution in [1.82, 2.24) is 4.98 Å². The van der Waals surface area contributed by atoms with E-state index < -0.39 is 0 Å². The summed E-state index contributed by atoms with van der Waals surface area (Å²) >= 11 is 1.70. The number of benzene rings is 1. The lowest BCUT2D eigenvalue weighted by atomic mass is 9.87. The van der Waals surface area contributed by atoms with Crippen molar-refractivity contribution in [1.29, 1.82) is 0 Å². The highest BCUT2D eigenvalue weighted by molar-refractivity contribution is 7.13. The molecule has 0 amide bonds. The normalized spacial score (nSPS) is 17.0. The van der Waals surface area contributed by atoms with Crippen LogP contribution in [0, 0.1) is 0 Å². The summed E-state index contributed by atoms with van der Waals surface area (Å²) in [5, 5.41) is 3.24. The molecule has 3 rings (SSSR count). The highest BCUT2D eigenvalue weighted by Crippen LogP contribution is 2.34. The van der Waals surface area contributed by atoms with E-state index in [-0.39, 0.29) is 0 Å². The molecular formula is C15H15NOS. The van der Waals surface area contributed by atoms with Crippen LogP contribution in [0.4, 0.5) is 0 Å². The van der Waals surface area contributed by atoms with Crippen LogP contribution in [-0.2, 0) is 4.79 Å². The first-order chi connectivity index (χ1) is 8.83. The number of ketones is 1. The molecule has 2 nitrogen and oxygen atoms in total. The fourth-order valence-electron chi connectivity index (χ4n) is 2.42. The number of hydrogen-bond donors (Lipinski definition) is 0. The summed E-state index contributed by atoms with van der Waals surface area (Å²) in [6, 6.07) is 10.3. The van der Waals surface area contributed by atoms with Gasteiger partial charge in [0.2, 0.25) is 0 Å². The van der Waals surface area contributed by atoms with E-state index in [2.05, 4.69) is 17.5 Å². The summed E-state index contributed by atoms with van der Waals surface area (Å²) in [6.45, 7) is 0.